The SMILES string of the molecule is CCC(Oc1cccc(Cl)c1)C(=O)NCCSCc1ccc(Cl)cc1Cl. The van der Waals surface area contributed by atoms with Gasteiger partial charge in [-0.3, -0.25) is 4.79 Å². The Kier molecular flexibility index (Phi) is 8.93. The molecule has 0 bridgehead atoms. The summed E-state index contributed by atoms with van der Waals surface area (Å²) in [6.45, 7) is 2.47. The van der Waals surface area contributed by atoms with Gasteiger partial charge in [0.1, 0.15) is 5.75 Å². The summed E-state index contributed by atoms with van der Waals surface area (Å²) in [5.74, 6) is 2.00. The Bertz CT molecular complexity index is 742. The number of amides is 1. The summed E-state index contributed by atoms with van der Waals surface area (Å²) in [6, 6.07) is 12.5. The Morgan fingerprint density at radius 3 is 2.62 bits per heavy atom. The minimum Gasteiger partial charge on any atom is -0.481 e. The van der Waals surface area contributed by atoms with Crippen molar-refractivity contribution in [1.29, 1.82) is 0 Å². The van der Waals surface area contributed by atoms with Gasteiger partial charge in [0.25, 0.3) is 5.91 Å². The first-order valence-electron chi connectivity index (χ1n) is 8.21. The maximum absolute atomic E-state index is 12.3. The van der Waals surface area contributed by atoms with Crippen molar-refractivity contribution in [2.24, 2.45) is 0 Å². The predicted molar refractivity (Wildman–Crippen MR) is 112 cm³/mol. The number of ether oxygens (including phenoxy) is 1. The topological polar surface area (TPSA) is 38.3 Å². The molecule has 0 aromatic heterocycles. The first-order valence-corrected chi connectivity index (χ1v) is 10.5. The second-order valence-electron chi connectivity index (χ2n) is 5.55. The first-order chi connectivity index (χ1) is 12.5. The van der Waals surface area contributed by atoms with E-state index < -0.39 is 6.10 Å². The third-order valence-electron chi connectivity index (χ3n) is 3.56. The van der Waals surface area contributed by atoms with Gasteiger partial charge in [-0.2, -0.15) is 11.8 Å². The molecule has 1 unspecified atom stereocenters. The van der Waals surface area contributed by atoms with Gasteiger partial charge in [0.15, 0.2) is 6.10 Å². The fraction of sp³-hybridized carbons (Fsp3) is 0.316. The van der Waals surface area contributed by atoms with Crippen LogP contribution in [0.1, 0.15) is 18.9 Å². The van der Waals surface area contributed by atoms with E-state index in [0.717, 1.165) is 17.1 Å². The highest BCUT2D eigenvalue weighted by Crippen LogP contribution is 2.24. The standard InChI is InChI=1S/C19H20Cl3NO2S/c1-2-18(25-16-5-3-4-14(20)10-16)19(24)23-8-9-26-12-13-6-7-15(21)11-17(13)22/h3-7,10-11,18H,2,8-9,12H2,1H3,(H,23,24). The molecule has 0 aliphatic carbocycles. The fourth-order valence-electron chi connectivity index (χ4n) is 2.21. The third kappa shape index (κ3) is 6.92. The molecule has 0 aliphatic rings. The summed E-state index contributed by atoms with van der Waals surface area (Å²) in [5, 5.41) is 4.77. The zero-order chi connectivity index (χ0) is 18.9. The summed E-state index contributed by atoms with van der Waals surface area (Å²) in [7, 11) is 0. The molecule has 2 aromatic carbocycles. The lowest BCUT2D eigenvalue weighted by atomic mass is 10.2. The Morgan fingerprint density at radius 2 is 1.92 bits per heavy atom. The van der Waals surface area contributed by atoms with Crippen molar-refractivity contribution in [3.8, 4) is 5.75 Å². The van der Waals surface area contributed by atoms with Gasteiger partial charge in [-0.05, 0) is 42.3 Å². The van der Waals surface area contributed by atoms with Crippen LogP contribution in [0, 0.1) is 0 Å². The van der Waals surface area contributed by atoms with Gasteiger partial charge >= 0.3 is 0 Å². The van der Waals surface area contributed by atoms with Crippen LogP contribution in [0.15, 0.2) is 42.5 Å². The minimum absolute atomic E-state index is 0.127. The molecule has 7 heteroatoms. The van der Waals surface area contributed by atoms with Crippen LogP contribution < -0.4 is 10.1 Å². The van der Waals surface area contributed by atoms with Crippen LogP contribution in [-0.4, -0.2) is 24.3 Å². The van der Waals surface area contributed by atoms with Crippen molar-refractivity contribution in [2.45, 2.75) is 25.2 Å². The molecule has 1 atom stereocenters. The van der Waals surface area contributed by atoms with Crippen molar-refractivity contribution in [3.63, 3.8) is 0 Å². The smallest absolute Gasteiger partial charge is 0.261 e. The summed E-state index contributed by atoms with van der Waals surface area (Å²) < 4.78 is 5.73. The molecule has 26 heavy (non-hydrogen) atoms. The minimum atomic E-state index is -0.538. The predicted octanol–water partition coefficient (Wildman–Crippen LogP) is 5.85. The van der Waals surface area contributed by atoms with E-state index in [0.29, 0.717) is 33.8 Å². The largest absolute Gasteiger partial charge is 0.481 e. The molecule has 0 aliphatic heterocycles. The Labute approximate surface area is 173 Å². The van der Waals surface area contributed by atoms with Gasteiger partial charge in [0.2, 0.25) is 0 Å². The van der Waals surface area contributed by atoms with E-state index in [1.54, 1.807) is 42.1 Å². The zero-order valence-electron chi connectivity index (χ0n) is 14.3. The third-order valence-corrected chi connectivity index (χ3v) is 5.39. The van der Waals surface area contributed by atoms with Crippen molar-refractivity contribution < 1.29 is 9.53 Å². The lowest BCUT2D eigenvalue weighted by Crippen LogP contribution is -2.39. The van der Waals surface area contributed by atoms with E-state index in [2.05, 4.69) is 5.32 Å². The number of benzene rings is 2. The summed E-state index contributed by atoms with van der Waals surface area (Å²) in [6.07, 6.45) is 0.0375. The van der Waals surface area contributed by atoms with E-state index in [1.165, 1.54) is 0 Å². The highest BCUT2D eigenvalue weighted by molar-refractivity contribution is 7.98. The van der Waals surface area contributed by atoms with Gasteiger partial charge in [-0.25, -0.2) is 0 Å². The Hall–Kier alpha value is -1.07. The highest BCUT2D eigenvalue weighted by atomic mass is 35.5. The maximum Gasteiger partial charge on any atom is 0.261 e. The van der Waals surface area contributed by atoms with E-state index >= 15 is 0 Å². The Balaban J connectivity index is 1.72. The lowest BCUT2D eigenvalue weighted by Gasteiger charge is -2.17. The molecular weight excluding hydrogens is 413 g/mol. The number of nitrogens with one attached hydrogen (secondary N) is 1. The molecule has 0 saturated heterocycles. The fourth-order valence-corrected chi connectivity index (χ4v) is 3.81. The second-order valence-corrected chi connectivity index (χ2v) is 7.94. The monoisotopic (exact) mass is 431 g/mol. The highest BCUT2D eigenvalue weighted by Gasteiger charge is 2.17. The molecular formula is C19H20Cl3NO2S. The molecule has 0 heterocycles. The van der Waals surface area contributed by atoms with E-state index in [9.17, 15) is 4.79 Å². The van der Waals surface area contributed by atoms with Crippen LogP contribution in [0.3, 0.4) is 0 Å². The molecule has 2 aromatic rings. The van der Waals surface area contributed by atoms with E-state index in [1.807, 2.05) is 19.1 Å². The van der Waals surface area contributed by atoms with E-state index in [-0.39, 0.29) is 5.91 Å². The maximum atomic E-state index is 12.3. The first kappa shape index (κ1) is 21.2. The number of hydrogen-bond acceptors (Lipinski definition) is 3. The molecule has 0 spiro atoms. The lowest BCUT2D eigenvalue weighted by molar-refractivity contribution is -0.127. The summed E-state index contributed by atoms with van der Waals surface area (Å²) in [5.41, 5.74) is 1.03. The van der Waals surface area contributed by atoms with Crippen LogP contribution in [0.5, 0.6) is 5.75 Å². The van der Waals surface area contributed by atoms with Gasteiger partial charge in [-0.15, -0.1) is 0 Å². The number of carbonyl (C=O) groups excluding carboxylic acids is 1. The molecule has 2 rings (SSSR count). The van der Waals surface area contributed by atoms with Gasteiger partial charge < -0.3 is 10.1 Å². The number of hydrogen-bond donors (Lipinski definition) is 1. The van der Waals surface area contributed by atoms with E-state index in [4.69, 9.17) is 39.5 Å². The summed E-state index contributed by atoms with van der Waals surface area (Å²) in [4.78, 5) is 12.3. The molecule has 1 amide bonds. The molecule has 3 nitrogen and oxygen atoms in total. The molecule has 0 fully saturated rings. The van der Waals surface area contributed by atoms with Crippen molar-refractivity contribution >= 4 is 52.5 Å². The molecule has 140 valence electrons. The number of carbonyl (C=O) groups is 1. The van der Waals surface area contributed by atoms with Crippen LogP contribution in [-0.2, 0) is 10.5 Å². The average molecular weight is 433 g/mol. The quantitative estimate of drug-likeness (QED) is 0.505. The van der Waals surface area contributed by atoms with Gasteiger partial charge in [0, 0.05) is 33.1 Å². The molecule has 1 N–H and O–H groups in total. The number of rotatable bonds is 9. The average Bonchev–Trinajstić information content (AvgIpc) is 2.61. The second kappa shape index (κ2) is 10.9. The van der Waals surface area contributed by atoms with Crippen LogP contribution in [0.4, 0.5) is 0 Å². The summed E-state index contributed by atoms with van der Waals surface area (Å²) >= 11 is 19.7. The zero-order valence-corrected chi connectivity index (χ0v) is 17.4. The van der Waals surface area contributed by atoms with Crippen molar-refractivity contribution in [2.75, 3.05) is 12.3 Å². The Morgan fingerprint density at radius 1 is 1.15 bits per heavy atom. The van der Waals surface area contributed by atoms with Crippen LogP contribution in [0.2, 0.25) is 15.1 Å². The van der Waals surface area contributed by atoms with Crippen molar-refractivity contribution in [1.82, 2.24) is 5.32 Å². The molecule has 0 saturated carbocycles. The van der Waals surface area contributed by atoms with Gasteiger partial charge in [0.05, 0.1) is 0 Å². The van der Waals surface area contributed by atoms with Crippen LogP contribution >= 0.6 is 46.6 Å². The van der Waals surface area contributed by atoms with Crippen LogP contribution in [0.25, 0.3) is 0 Å². The number of thioether (sulfide) groups is 1. The van der Waals surface area contributed by atoms with Crippen molar-refractivity contribution in [3.05, 3.63) is 63.1 Å². The normalized spacial score (nSPS) is 11.8. The van der Waals surface area contributed by atoms with Gasteiger partial charge in [-0.1, -0.05) is 53.9 Å². The number of halogens is 3. The molecule has 0 radical (unpaired) electrons.